The molecule has 1 aliphatic rings. The maximum absolute atomic E-state index is 13.8. The lowest BCUT2D eigenvalue weighted by molar-refractivity contribution is -0.139. The van der Waals surface area contributed by atoms with Crippen molar-refractivity contribution in [3.63, 3.8) is 0 Å². The minimum absolute atomic E-state index is 0.0113. The topological polar surface area (TPSA) is 77.5 Å². The molecule has 0 bridgehead atoms. The van der Waals surface area contributed by atoms with Gasteiger partial charge in [0.15, 0.2) is 5.65 Å². The monoisotopic (exact) mass is 543 g/mol. The zero-order chi connectivity index (χ0) is 26.5. The van der Waals surface area contributed by atoms with Gasteiger partial charge in [-0.1, -0.05) is 23.3 Å². The van der Waals surface area contributed by atoms with Gasteiger partial charge in [-0.3, -0.25) is 0 Å². The van der Waals surface area contributed by atoms with Gasteiger partial charge in [0.2, 0.25) is 5.82 Å². The van der Waals surface area contributed by atoms with Crippen LogP contribution in [0.3, 0.4) is 0 Å². The second-order valence-corrected chi connectivity index (χ2v) is 8.77. The summed E-state index contributed by atoms with van der Waals surface area (Å²) in [5.41, 5.74) is -1.22. The highest BCUT2D eigenvalue weighted by atomic mass is 35.5. The maximum atomic E-state index is 13.8. The van der Waals surface area contributed by atoms with E-state index in [1.165, 1.54) is 12.3 Å². The first kappa shape index (κ1) is 24.9. The summed E-state index contributed by atoms with van der Waals surface area (Å²) in [6.45, 7) is 3.81. The van der Waals surface area contributed by atoms with E-state index in [2.05, 4.69) is 27.0 Å². The van der Waals surface area contributed by atoms with E-state index < -0.39 is 23.5 Å². The number of halogens is 7. The van der Waals surface area contributed by atoms with Crippen LogP contribution < -0.4 is 10.1 Å². The molecular weight excluding hydrogens is 528 g/mol. The van der Waals surface area contributed by atoms with Crippen molar-refractivity contribution >= 4 is 17.2 Å². The minimum Gasteiger partial charge on any atom is -0.491 e. The van der Waals surface area contributed by atoms with Crippen LogP contribution in [0.1, 0.15) is 24.0 Å². The first-order valence-electron chi connectivity index (χ1n) is 10.8. The van der Waals surface area contributed by atoms with E-state index in [1.807, 2.05) is 0 Å². The highest BCUT2D eigenvalue weighted by Crippen LogP contribution is 2.39. The van der Waals surface area contributed by atoms with Crippen molar-refractivity contribution in [3.8, 4) is 28.7 Å². The van der Waals surface area contributed by atoms with Crippen molar-refractivity contribution in [1.29, 1.82) is 0 Å². The van der Waals surface area contributed by atoms with E-state index in [9.17, 15) is 26.3 Å². The number of hydrogen-bond donors (Lipinski definition) is 1. The fourth-order valence-corrected chi connectivity index (χ4v) is 4.13. The molecule has 1 unspecified atom stereocenters. The van der Waals surface area contributed by atoms with Crippen molar-refractivity contribution in [3.05, 3.63) is 65.1 Å². The summed E-state index contributed by atoms with van der Waals surface area (Å²) < 4.78 is 92.1. The molecule has 0 radical (unpaired) electrons. The summed E-state index contributed by atoms with van der Waals surface area (Å²) in [5, 5.41) is 6.51. The molecule has 0 spiro atoms. The normalized spacial score (nSPS) is 16.4. The molecule has 37 heavy (non-hydrogen) atoms. The van der Waals surface area contributed by atoms with Gasteiger partial charge in [0.25, 0.3) is 5.89 Å². The molecule has 4 aromatic rings. The summed E-state index contributed by atoms with van der Waals surface area (Å²) in [7, 11) is 0. The van der Waals surface area contributed by atoms with Crippen LogP contribution >= 0.6 is 11.6 Å². The van der Waals surface area contributed by atoms with Gasteiger partial charge in [0.1, 0.15) is 18.1 Å². The number of imidazole rings is 1. The molecule has 0 saturated carbocycles. The summed E-state index contributed by atoms with van der Waals surface area (Å²) >= 11 is 5.95. The van der Waals surface area contributed by atoms with Crippen molar-refractivity contribution in [1.82, 2.24) is 24.8 Å². The molecule has 1 saturated heterocycles. The number of benzene rings is 1. The summed E-state index contributed by atoms with van der Waals surface area (Å²) in [6.07, 6.45) is -5.93. The standard InChI is InChI=1S/C23H16ClF6N5O2/c1-11-2-4-14(31-11)10-36-18-5-3-12(6-15(18)23(28,29)30)21-33-19(34-37-21)17-9-35-8-13(22(25,26)27)7-16(24)20(35)32-17/h3,5-9,14,31H,1-2,4,10H2. The van der Waals surface area contributed by atoms with Crippen LogP contribution in [-0.4, -0.2) is 32.2 Å². The summed E-state index contributed by atoms with van der Waals surface area (Å²) in [6, 6.07) is 3.91. The maximum Gasteiger partial charge on any atom is 0.419 e. The summed E-state index contributed by atoms with van der Waals surface area (Å²) in [5.74, 6) is -0.754. The number of ether oxygens (including phenoxy) is 1. The number of hydrogen-bond acceptors (Lipinski definition) is 6. The van der Waals surface area contributed by atoms with E-state index in [4.69, 9.17) is 20.9 Å². The van der Waals surface area contributed by atoms with Crippen LogP contribution in [-0.2, 0) is 12.4 Å². The molecule has 3 aromatic heterocycles. The number of pyridine rings is 1. The molecule has 1 atom stereocenters. The van der Waals surface area contributed by atoms with Gasteiger partial charge in [-0.05, 0) is 37.1 Å². The number of allylic oxidation sites excluding steroid dienone is 1. The molecule has 194 valence electrons. The third kappa shape index (κ3) is 5.08. The average molecular weight is 544 g/mol. The van der Waals surface area contributed by atoms with E-state index in [-0.39, 0.29) is 52.0 Å². The van der Waals surface area contributed by atoms with Gasteiger partial charge in [0, 0.05) is 23.7 Å². The second kappa shape index (κ2) is 8.98. The lowest BCUT2D eigenvalue weighted by Crippen LogP contribution is -2.27. The average Bonchev–Trinajstić information content (AvgIpc) is 3.55. The molecule has 7 nitrogen and oxygen atoms in total. The smallest absolute Gasteiger partial charge is 0.419 e. The molecule has 14 heteroatoms. The van der Waals surface area contributed by atoms with Gasteiger partial charge in [0.05, 0.1) is 22.2 Å². The Morgan fingerprint density at radius 1 is 1.11 bits per heavy atom. The Hall–Kier alpha value is -3.74. The molecule has 0 aliphatic carbocycles. The lowest BCUT2D eigenvalue weighted by Gasteiger charge is -2.17. The van der Waals surface area contributed by atoms with Crippen LogP contribution in [0.5, 0.6) is 5.75 Å². The Morgan fingerprint density at radius 3 is 2.57 bits per heavy atom. The molecule has 1 aliphatic heterocycles. The Labute approximate surface area is 209 Å². The Morgan fingerprint density at radius 2 is 1.89 bits per heavy atom. The number of nitrogens with zero attached hydrogens (tertiary/aromatic N) is 4. The van der Waals surface area contributed by atoms with Crippen LogP contribution in [0, 0.1) is 0 Å². The number of aromatic nitrogens is 4. The van der Waals surface area contributed by atoms with Gasteiger partial charge < -0.3 is 19.0 Å². The van der Waals surface area contributed by atoms with Gasteiger partial charge in [-0.15, -0.1) is 0 Å². The SMILES string of the molecule is C=C1CCC(COc2ccc(-c3nc(-c4cn5cc(C(F)(F)F)cc(Cl)c5n4)no3)cc2C(F)(F)F)N1. The number of alkyl halides is 6. The lowest BCUT2D eigenvalue weighted by atomic mass is 10.1. The van der Waals surface area contributed by atoms with Crippen LogP contribution in [0.2, 0.25) is 5.02 Å². The Kier molecular flexibility index (Phi) is 6.05. The largest absolute Gasteiger partial charge is 0.491 e. The highest BCUT2D eigenvalue weighted by molar-refractivity contribution is 6.33. The van der Waals surface area contributed by atoms with Crippen molar-refractivity contribution in [2.24, 2.45) is 0 Å². The molecular formula is C23H16ClF6N5O2. The first-order valence-corrected chi connectivity index (χ1v) is 11.1. The molecule has 1 fully saturated rings. The molecule has 1 aromatic carbocycles. The predicted molar refractivity (Wildman–Crippen MR) is 120 cm³/mol. The fraction of sp³-hybridized carbons (Fsp3) is 0.261. The molecule has 4 heterocycles. The molecule has 5 rings (SSSR count). The highest BCUT2D eigenvalue weighted by Gasteiger charge is 2.36. The van der Waals surface area contributed by atoms with Crippen LogP contribution in [0.25, 0.3) is 28.6 Å². The molecule has 0 amide bonds. The zero-order valence-corrected chi connectivity index (χ0v) is 19.4. The Bertz CT molecular complexity index is 1490. The predicted octanol–water partition coefficient (Wildman–Crippen LogP) is 6.39. The van der Waals surface area contributed by atoms with E-state index >= 15 is 0 Å². The molecule has 1 N–H and O–H groups in total. The van der Waals surface area contributed by atoms with Gasteiger partial charge in [-0.2, -0.15) is 31.3 Å². The zero-order valence-electron chi connectivity index (χ0n) is 18.6. The van der Waals surface area contributed by atoms with E-state index in [0.717, 1.165) is 40.9 Å². The second-order valence-electron chi connectivity index (χ2n) is 8.36. The van der Waals surface area contributed by atoms with Crippen LogP contribution in [0.4, 0.5) is 26.3 Å². The number of fused-ring (bicyclic) bond motifs is 1. The first-order chi connectivity index (χ1) is 17.4. The third-order valence-corrected chi connectivity index (χ3v) is 5.94. The minimum atomic E-state index is -4.73. The van der Waals surface area contributed by atoms with E-state index in [0.29, 0.717) is 6.42 Å². The van der Waals surface area contributed by atoms with Crippen molar-refractivity contribution in [2.75, 3.05) is 6.61 Å². The summed E-state index contributed by atoms with van der Waals surface area (Å²) in [4.78, 5) is 8.19. The van der Waals surface area contributed by atoms with E-state index in [1.54, 1.807) is 0 Å². The van der Waals surface area contributed by atoms with Gasteiger partial charge in [-0.25, -0.2) is 4.98 Å². The number of nitrogens with one attached hydrogen (secondary N) is 1. The fourth-order valence-electron chi connectivity index (χ4n) is 3.87. The van der Waals surface area contributed by atoms with Crippen LogP contribution in [0.15, 0.2) is 53.5 Å². The van der Waals surface area contributed by atoms with Gasteiger partial charge >= 0.3 is 12.4 Å². The third-order valence-electron chi connectivity index (χ3n) is 5.66. The van der Waals surface area contributed by atoms with Crippen molar-refractivity contribution < 1.29 is 35.6 Å². The number of rotatable bonds is 5. The quantitative estimate of drug-likeness (QED) is 0.294. The Balaban J connectivity index is 1.43. The van der Waals surface area contributed by atoms with Crippen molar-refractivity contribution in [2.45, 2.75) is 31.2 Å².